The van der Waals surface area contributed by atoms with Crippen molar-refractivity contribution in [2.24, 2.45) is 17.7 Å². The smallest absolute Gasteiger partial charge is 0.239 e. The highest BCUT2D eigenvalue weighted by Crippen LogP contribution is 2.07. The maximum Gasteiger partial charge on any atom is 0.239 e. The van der Waals surface area contributed by atoms with Crippen LogP contribution in [0.4, 0.5) is 0 Å². The Balaban J connectivity index is 4.58. The zero-order chi connectivity index (χ0) is 12.9. The Bertz CT molecular complexity index is 231. The van der Waals surface area contributed by atoms with Gasteiger partial charge in [0.15, 0.2) is 0 Å². The predicted molar refractivity (Wildman–Crippen MR) is 63.4 cm³/mol. The molecule has 0 bridgehead atoms. The average molecular weight is 229 g/mol. The first-order valence-corrected chi connectivity index (χ1v) is 5.54. The van der Waals surface area contributed by atoms with Gasteiger partial charge in [0.25, 0.3) is 0 Å². The van der Waals surface area contributed by atoms with E-state index in [1.54, 1.807) is 7.05 Å². The van der Waals surface area contributed by atoms with Crippen LogP contribution in [0, 0.1) is 11.8 Å². The van der Waals surface area contributed by atoms with E-state index in [1.165, 1.54) is 5.01 Å². The molecule has 94 valence electrons. The van der Waals surface area contributed by atoms with Crippen LogP contribution in [0.15, 0.2) is 0 Å². The second kappa shape index (κ2) is 6.60. The van der Waals surface area contributed by atoms with Crippen molar-refractivity contribution in [3.63, 3.8) is 0 Å². The number of aldehydes is 1. The highest BCUT2D eigenvalue weighted by molar-refractivity contribution is 5.84. The van der Waals surface area contributed by atoms with E-state index in [2.05, 4.69) is 5.32 Å². The topological polar surface area (TPSA) is 75.4 Å². The summed E-state index contributed by atoms with van der Waals surface area (Å²) >= 11 is 0. The standard InChI is InChI=1S/C11H23N3O2/c1-7(2)9(6-15)13-11(16)10(8(3)4)14(5)12/h6-10H,12H2,1-5H3,(H,13,16). The van der Waals surface area contributed by atoms with Gasteiger partial charge in [-0.1, -0.05) is 27.7 Å². The second-order valence-corrected chi connectivity index (χ2v) is 4.77. The Labute approximate surface area is 97.3 Å². The van der Waals surface area contributed by atoms with E-state index in [0.717, 1.165) is 6.29 Å². The maximum atomic E-state index is 11.9. The molecular weight excluding hydrogens is 206 g/mol. The van der Waals surface area contributed by atoms with Gasteiger partial charge in [0.1, 0.15) is 12.3 Å². The van der Waals surface area contributed by atoms with E-state index in [-0.39, 0.29) is 17.7 Å². The van der Waals surface area contributed by atoms with Gasteiger partial charge in [0, 0.05) is 7.05 Å². The normalized spacial score (nSPS) is 15.3. The Hall–Kier alpha value is -0.940. The first-order chi connectivity index (χ1) is 7.31. The molecule has 2 unspecified atom stereocenters. The molecule has 0 spiro atoms. The van der Waals surface area contributed by atoms with E-state index in [9.17, 15) is 9.59 Å². The van der Waals surface area contributed by atoms with Crippen LogP contribution >= 0.6 is 0 Å². The molecule has 0 aromatic rings. The number of carbonyl (C=O) groups is 2. The summed E-state index contributed by atoms with van der Waals surface area (Å²) in [6.07, 6.45) is 0.760. The Morgan fingerprint density at radius 3 is 2.00 bits per heavy atom. The number of hydrazine groups is 1. The molecule has 16 heavy (non-hydrogen) atoms. The molecule has 0 fully saturated rings. The van der Waals surface area contributed by atoms with Crippen LogP contribution < -0.4 is 11.2 Å². The van der Waals surface area contributed by atoms with Gasteiger partial charge >= 0.3 is 0 Å². The summed E-state index contributed by atoms with van der Waals surface area (Å²) < 4.78 is 0. The predicted octanol–water partition coefficient (Wildman–Crippen LogP) is 0.156. The third kappa shape index (κ3) is 4.28. The lowest BCUT2D eigenvalue weighted by Gasteiger charge is -2.28. The number of nitrogens with zero attached hydrogens (tertiary/aromatic N) is 1. The van der Waals surface area contributed by atoms with Gasteiger partial charge in [-0.25, -0.2) is 5.01 Å². The van der Waals surface area contributed by atoms with Crippen molar-refractivity contribution < 1.29 is 9.59 Å². The summed E-state index contributed by atoms with van der Waals surface area (Å²) in [6.45, 7) is 7.60. The molecule has 0 aliphatic rings. The van der Waals surface area contributed by atoms with Crippen molar-refractivity contribution in [2.75, 3.05) is 7.05 Å². The third-order valence-electron chi connectivity index (χ3n) is 2.51. The van der Waals surface area contributed by atoms with Crippen LogP contribution in [0.1, 0.15) is 27.7 Å². The number of nitrogens with two attached hydrogens (primary N) is 1. The molecule has 2 atom stereocenters. The molecule has 0 heterocycles. The first-order valence-electron chi connectivity index (χ1n) is 5.54. The lowest BCUT2D eigenvalue weighted by atomic mass is 10.0. The zero-order valence-electron chi connectivity index (χ0n) is 10.7. The van der Waals surface area contributed by atoms with Crippen LogP contribution in [-0.4, -0.2) is 36.3 Å². The van der Waals surface area contributed by atoms with Crippen LogP contribution in [0.5, 0.6) is 0 Å². The van der Waals surface area contributed by atoms with E-state index in [0.29, 0.717) is 0 Å². The molecule has 0 aliphatic carbocycles. The van der Waals surface area contributed by atoms with Crippen LogP contribution in [0.25, 0.3) is 0 Å². The van der Waals surface area contributed by atoms with Crippen LogP contribution in [0.3, 0.4) is 0 Å². The van der Waals surface area contributed by atoms with E-state index < -0.39 is 12.1 Å². The third-order valence-corrected chi connectivity index (χ3v) is 2.51. The van der Waals surface area contributed by atoms with Gasteiger partial charge in [-0.05, 0) is 11.8 Å². The van der Waals surface area contributed by atoms with E-state index >= 15 is 0 Å². The van der Waals surface area contributed by atoms with Gasteiger partial charge in [0.05, 0.1) is 6.04 Å². The molecule has 0 aromatic heterocycles. The molecule has 0 radical (unpaired) electrons. The molecule has 5 heteroatoms. The molecule has 5 nitrogen and oxygen atoms in total. The van der Waals surface area contributed by atoms with Crippen molar-refractivity contribution in [3.8, 4) is 0 Å². The molecule has 0 saturated carbocycles. The molecule has 0 aliphatic heterocycles. The van der Waals surface area contributed by atoms with Gasteiger partial charge in [0.2, 0.25) is 5.91 Å². The Kier molecular flexibility index (Phi) is 6.21. The molecule has 0 rings (SSSR count). The summed E-state index contributed by atoms with van der Waals surface area (Å²) in [5, 5.41) is 4.08. The minimum atomic E-state index is -0.450. The van der Waals surface area contributed by atoms with Crippen molar-refractivity contribution in [1.29, 1.82) is 0 Å². The molecular formula is C11H23N3O2. The number of hydrogen-bond donors (Lipinski definition) is 2. The Morgan fingerprint density at radius 1 is 1.25 bits per heavy atom. The summed E-state index contributed by atoms with van der Waals surface area (Å²) in [7, 11) is 1.65. The number of hydrogen-bond acceptors (Lipinski definition) is 4. The molecule has 0 saturated heterocycles. The van der Waals surface area contributed by atoms with Crippen molar-refractivity contribution in [3.05, 3.63) is 0 Å². The first kappa shape index (κ1) is 15.1. The van der Waals surface area contributed by atoms with Crippen molar-refractivity contribution in [1.82, 2.24) is 10.3 Å². The zero-order valence-corrected chi connectivity index (χ0v) is 10.7. The Morgan fingerprint density at radius 2 is 1.75 bits per heavy atom. The fraction of sp³-hybridized carbons (Fsp3) is 0.818. The monoisotopic (exact) mass is 229 g/mol. The molecule has 0 aromatic carbocycles. The van der Waals surface area contributed by atoms with E-state index in [1.807, 2.05) is 27.7 Å². The maximum absolute atomic E-state index is 11.9. The number of carbonyl (C=O) groups excluding carboxylic acids is 2. The fourth-order valence-corrected chi connectivity index (χ4v) is 1.57. The molecule has 1 amide bonds. The van der Waals surface area contributed by atoms with E-state index in [4.69, 9.17) is 5.84 Å². The summed E-state index contributed by atoms with van der Waals surface area (Å²) in [5.74, 6) is 5.59. The quantitative estimate of drug-likeness (QED) is 0.386. The number of likely N-dealkylation sites (N-methyl/N-ethyl adjacent to an activating group) is 1. The number of nitrogens with one attached hydrogen (secondary N) is 1. The van der Waals surface area contributed by atoms with Gasteiger partial charge < -0.3 is 10.1 Å². The lowest BCUT2D eigenvalue weighted by molar-refractivity contribution is -0.130. The number of rotatable bonds is 6. The summed E-state index contributed by atoms with van der Waals surface area (Å²) in [6, 6.07) is -0.866. The van der Waals surface area contributed by atoms with Crippen LogP contribution in [-0.2, 0) is 9.59 Å². The summed E-state index contributed by atoms with van der Waals surface area (Å²) in [4.78, 5) is 22.7. The minimum Gasteiger partial charge on any atom is -0.345 e. The van der Waals surface area contributed by atoms with Gasteiger partial charge in [-0.2, -0.15) is 0 Å². The van der Waals surface area contributed by atoms with Gasteiger partial charge in [-0.15, -0.1) is 0 Å². The highest BCUT2D eigenvalue weighted by atomic mass is 16.2. The highest BCUT2D eigenvalue weighted by Gasteiger charge is 2.27. The SMILES string of the molecule is CC(C)C(C=O)NC(=O)C(C(C)C)N(C)N. The van der Waals surface area contributed by atoms with Crippen molar-refractivity contribution in [2.45, 2.75) is 39.8 Å². The minimum absolute atomic E-state index is 0.0809. The van der Waals surface area contributed by atoms with Crippen LogP contribution in [0.2, 0.25) is 0 Å². The average Bonchev–Trinajstić information content (AvgIpc) is 2.12. The lowest BCUT2D eigenvalue weighted by Crippen LogP contribution is -2.54. The second-order valence-electron chi connectivity index (χ2n) is 4.77. The van der Waals surface area contributed by atoms with Gasteiger partial charge in [-0.3, -0.25) is 10.6 Å². The largest absolute Gasteiger partial charge is 0.345 e. The van der Waals surface area contributed by atoms with Crippen molar-refractivity contribution >= 4 is 12.2 Å². The fourth-order valence-electron chi connectivity index (χ4n) is 1.57. The summed E-state index contributed by atoms with van der Waals surface area (Å²) in [5.41, 5.74) is 0. The number of amides is 1. The molecule has 3 N–H and O–H groups in total.